The summed E-state index contributed by atoms with van der Waals surface area (Å²) in [4.78, 5) is 15.9. The first-order valence-electron chi connectivity index (χ1n) is 10.2. The van der Waals surface area contributed by atoms with Crippen LogP contribution in [0.1, 0.15) is 35.2 Å². The summed E-state index contributed by atoms with van der Waals surface area (Å²) >= 11 is 0. The van der Waals surface area contributed by atoms with Crippen molar-refractivity contribution in [1.29, 1.82) is 0 Å². The molecular formula is C26H26FNO. The molecule has 0 spiro atoms. The van der Waals surface area contributed by atoms with Gasteiger partial charge in [0.1, 0.15) is 5.82 Å². The maximum Gasteiger partial charge on any atom is 0.164 e. The highest BCUT2D eigenvalue weighted by Crippen LogP contribution is 2.39. The molecular weight excluding hydrogens is 361 g/mol. The summed E-state index contributed by atoms with van der Waals surface area (Å²) in [6.07, 6.45) is 2.56. The third kappa shape index (κ3) is 4.15. The van der Waals surface area contributed by atoms with E-state index in [1.165, 1.54) is 17.7 Å². The lowest BCUT2D eigenvalue weighted by molar-refractivity contribution is 0.0894. The highest BCUT2D eigenvalue weighted by molar-refractivity contribution is 6.03. The van der Waals surface area contributed by atoms with Crippen molar-refractivity contribution >= 4 is 5.78 Å². The molecule has 3 heteroatoms. The normalized spacial score (nSPS) is 19.8. The van der Waals surface area contributed by atoms with Crippen LogP contribution < -0.4 is 0 Å². The Bertz CT molecular complexity index is 983. The number of likely N-dealkylation sites (tertiary alicyclic amines) is 1. The Balaban J connectivity index is 1.70. The minimum absolute atomic E-state index is 0.143. The lowest BCUT2D eigenvalue weighted by Crippen LogP contribution is -2.45. The van der Waals surface area contributed by atoms with Gasteiger partial charge in [-0.2, -0.15) is 0 Å². The van der Waals surface area contributed by atoms with Gasteiger partial charge in [-0.15, -0.1) is 0 Å². The molecule has 1 aliphatic heterocycles. The van der Waals surface area contributed by atoms with Gasteiger partial charge in [0.25, 0.3) is 0 Å². The van der Waals surface area contributed by atoms with Gasteiger partial charge >= 0.3 is 0 Å². The van der Waals surface area contributed by atoms with E-state index in [-0.39, 0.29) is 17.0 Å². The van der Waals surface area contributed by atoms with E-state index in [4.69, 9.17) is 0 Å². The van der Waals surface area contributed by atoms with Crippen molar-refractivity contribution in [3.63, 3.8) is 0 Å². The molecule has 29 heavy (non-hydrogen) atoms. The number of piperidine rings is 1. The van der Waals surface area contributed by atoms with Gasteiger partial charge in [-0.05, 0) is 55.3 Å². The van der Waals surface area contributed by atoms with Gasteiger partial charge in [0.15, 0.2) is 5.78 Å². The molecule has 0 saturated carbocycles. The number of carbonyl (C=O) groups excluding carboxylic acids is 1. The van der Waals surface area contributed by atoms with E-state index in [2.05, 4.69) is 36.2 Å². The van der Waals surface area contributed by atoms with Crippen molar-refractivity contribution in [3.05, 3.63) is 95.8 Å². The average molecular weight is 387 g/mol. The molecule has 1 fully saturated rings. The van der Waals surface area contributed by atoms with Crippen molar-refractivity contribution in [1.82, 2.24) is 4.90 Å². The molecule has 3 aromatic rings. The fourth-order valence-electron chi connectivity index (χ4n) is 4.65. The predicted octanol–water partition coefficient (Wildman–Crippen LogP) is 5.73. The number of hydrogen-bond donors (Lipinski definition) is 0. The topological polar surface area (TPSA) is 20.3 Å². The van der Waals surface area contributed by atoms with Crippen LogP contribution >= 0.6 is 0 Å². The zero-order valence-corrected chi connectivity index (χ0v) is 16.8. The lowest BCUT2D eigenvalue weighted by atomic mass is 9.70. The number of ketones is 1. The number of Topliss-reactive ketones (excluding diaryl/α,β-unsaturated/α-hetero) is 1. The Morgan fingerprint density at radius 3 is 2.38 bits per heavy atom. The molecule has 3 aromatic carbocycles. The molecule has 0 bridgehead atoms. The fraction of sp³-hybridized carbons (Fsp3) is 0.269. The molecule has 0 amide bonds. The van der Waals surface area contributed by atoms with E-state index < -0.39 is 0 Å². The Morgan fingerprint density at radius 2 is 1.66 bits per heavy atom. The van der Waals surface area contributed by atoms with Crippen molar-refractivity contribution in [2.75, 3.05) is 20.1 Å². The highest BCUT2D eigenvalue weighted by atomic mass is 19.1. The minimum Gasteiger partial charge on any atom is -0.305 e. The van der Waals surface area contributed by atoms with Gasteiger partial charge in [-0.3, -0.25) is 4.79 Å². The van der Waals surface area contributed by atoms with Crippen LogP contribution in [-0.2, 0) is 5.41 Å². The van der Waals surface area contributed by atoms with Crippen molar-refractivity contribution in [2.24, 2.45) is 0 Å². The largest absolute Gasteiger partial charge is 0.305 e. The smallest absolute Gasteiger partial charge is 0.164 e. The predicted molar refractivity (Wildman–Crippen MR) is 116 cm³/mol. The van der Waals surface area contributed by atoms with Crippen LogP contribution in [0.4, 0.5) is 4.39 Å². The van der Waals surface area contributed by atoms with Crippen LogP contribution in [0.3, 0.4) is 0 Å². The van der Waals surface area contributed by atoms with E-state index in [9.17, 15) is 9.18 Å². The monoisotopic (exact) mass is 387 g/mol. The molecule has 0 aromatic heterocycles. The maximum atomic E-state index is 13.6. The molecule has 2 nitrogen and oxygen atoms in total. The van der Waals surface area contributed by atoms with Crippen LogP contribution in [0.5, 0.6) is 0 Å². The van der Waals surface area contributed by atoms with Gasteiger partial charge < -0.3 is 4.90 Å². The van der Waals surface area contributed by atoms with E-state index in [1.54, 1.807) is 12.1 Å². The first-order chi connectivity index (χ1) is 14.1. The van der Waals surface area contributed by atoms with E-state index >= 15 is 0 Å². The van der Waals surface area contributed by atoms with Crippen LogP contribution in [0.2, 0.25) is 0 Å². The van der Waals surface area contributed by atoms with Gasteiger partial charge in [-0.1, -0.05) is 66.7 Å². The van der Waals surface area contributed by atoms with Crippen LogP contribution in [0, 0.1) is 5.82 Å². The first-order valence-corrected chi connectivity index (χ1v) is 10.2. The second kappa shape index (κ2) is 8.30. The zero-order valence-electron chi connectivity index (χ0n) is 16.8. The number of nitrogens with zero attached hydrogens (tertiary/aromatic N) is 1. The molecule has 1 saturated heterocycles. The molecule has 0 N–H and O–H groups in total. The molecule has 1 unspecified atom stereocenters. The summed E-state index contributed by atoms with van der Waals surface area (Å²) in [5, 5.41) is 0. The van der Waals surface area contributed by atoms with Crippen LogP contribution in [-0.4, -0.2) is 30.8 Å². The number of benzene rings is 3. The summed E-state index contributed by atoms with van der Waals surface area (Å²) < 4.78 is 13.4. The SMILES string of the molecule is CN1CCCC(CC(=O)c2ccccc2-c2ccc(F)cc2)(c2ccccc2)C1. The number of hydrogen-bond acceptors (Lipinski definition) is 2. The molecule has 0 radical (unpaired) electrons. The Labute approximate surface area is 172 Å². The molecule has 148 valence electrons. The molecule has 4 rings (SSSR count). The fourth-order valence-corrected chi connectivity index (χ4v) is 4.65. The van der Waals surface area contributed by atoms with Gasteiger partial charge in [0.2, 0.25) is 0 Å². The molecule has 1 aliphatic rings. The Kier molecular flexibility index (Phi) is 5.59. The summed E-state index contributed by atoms with van der Waals surface area (Å²) in [7, 11) is 2.13. The summed E-state index contributed by atoms with van der Waals surface area (Å²) in [5.41, 5.74) is 3.50. The number of halogens is 1. The Hall–Kier alpha value is -2.78. The third-order valence-electron chi connectivity index (χ3n) is 6.04. The van der Waals surface area contributed by atoms with E-state index in [0.717, 1.165) is 37.1 Å². The standard InChI is InChI=1S/C26H26FNO/c1-28-17-7-16-26(19-28,21-8-3-2-4-9-21)18-25(29)24-11-6-5-10-23(24)20-12-14-22(27)15-13-20/h2-6,8-15H,7,16-19H2,1H3. The average Bonchev–Trinajstić information content (AvgIpc) is 2.75. The second-order valence-electron chi connectivity index (χ2n) is 8.14. The van der Waals surface area contributed by atoms with Gasteiger partial charge in [0.05, 0.1) is 0 Å². The Morgan fingerprint density at radius 1 is 0.966 bits per heavy atom. The number of carbonyl (C=O) groups is 1. The van der Waals surface area contributed by atoms with Gasteiger partial charge in [0, 0.05) is 23.9 Å². The van der Waals surface area contributed by atoms with Crippen molar-refractivity contribution < 1.29 is 9.18 Å². The van der Waals surface area contributed by atoms with Gasteiger partial charge in [-0.25, -0.2) is 4.39 Å². The minimum atomic E-state index is -0.272. The number of rotatable bonds is 5. The molecule has 1 atom stereocenters. The second-order valence-corrected chi connectivity index (χ2v) is 8.14. The molecule has 1 heterocycles. The zero-order chi connectivity index (χ0) is 20.3. The van der Waals surface area contributed by atoms with Crippen molar-refractivity contribution in [3.8, 4) is 11.1 Å². The third-order valence-corrected chi connectivity index (χ3v) is 6.04. The molecule has 0 aliphatic carbocycles. The van der Waals surface area contributed by atoms with E-state index in [0.29, 0.717) is 12.0 Å². The van der Waals surface area contributed by atoms with Crippen LogP contribution in [0.15, 0.2) is 78.9 Å². The lowest BCUT2D eigenvalue weighted by Gasteiger charge is -2.42. The quantitative estimate of drug-likeness (QED) is 0.521. The highest BCUT2D eigenvalue weighted by Gasteiger charge is 2.38. The van der Waals surface area contributed by atoms with Crippen LogP contribution in [0.25, 0.3) is 11.1 Å². The summed E-state index contributed by atoms with van der Waals surface area (Å²) in [5.74, 6) is -0.130. The summed E-state index contributed by atoms with van der Waals surface area (Å²) in [6, 6.07) is 24.5. The van der Waals surface area contributed by atoms with E-state index in [1.807, 2.05) is 30.3 Å². The number of likely N-dealkylation sites (N-methyl/N-ethyl adjacent to an activating group) is 1. The maximum absolute atomic E-state index is 13.6. The summed E-state index contributed by atoms with van der Waals surface area (Å²) in [6.45, 7) is 1.94. The first kappa shape index (κ1) is 19.5. The van der Waals surface area contributed by atoms with Crippen molar-refractivity contribution in [2.45, 2.75) is 24.7 Å².